The van der Waals surface area contributed by atoms with Gasteiger partial charge in [0.1, 0.15) is 5.82 Å². The first-order valence-corrected chi connectivity index (χ1v) is 8.78. The molecule has 22 heavy (non-hydrogen) atoms. The molecule has 124 valence electrons. The molecular formula is C14H19ClFNO4S. The number of hydrogen-bond donors (Lipinski definition) is 2. The first-order valence-electron chi connectivity index (χ1n) is 6.75. The van der Waals surface area contributed by atoms with Crippen LogP contribution in [-0.2, 0) is 20.6 Å². The van der Waals surface area contributed by atoms with Gasteiger partial charge in [-0.15, -0.1) is 0 Å². The third-order valence-corrected chi connectivity index (χ3v) is 4.61. The van der Waals surface area contributed by atoms with E-state index in [2.05, 4.69) is 4.72 Å². The Balaban J connectivity index is 2.70. The van der Waals surface area contributed by atoms with Gasteiger partial charge in [0, 0.05) is 6.54 Å². The zero-order valence-corrected chi connectivity index (χ0v) is 13.9. The topological polar surface area (TPSA) is 83.5 Å². The van der Waals surface area contributed by atoms with Crippen molar-refractivity contribution in [2.45, 2.75) is 26.0 Å². The zero-order valence-electron chi connectivity index (χ0n) is 12.3. The Kier molecular flexibility index (Phi) is 6.77. The molecule has 1 aromatic rings. The summed E-state index contributed by atoms with van der Waals surface area (Å²) in [4.78, 5) is 11.1. The van der Waals surface area contributed by atoms with Crippen LogP contribution in [-0.4, -0.2) is 26.0 Å². The smallest absolute Gasteiger partial charge is 0.307 e. The van der Waals surface area contributed by atoms with Crippen molar-refractivity contribution in [1.29, 1.82) is 0 Å². The number of carboxylic acids is 1. The number of nitrogens with one attached hydrogen (secondary N) is 1. The summed E-state index contributed by atoms with van der Waals surface area (Å²) in [6, 6.07) is 3.65. The first-order chi connectivity index (χ1) is 10.1. The molecular weight excluding hydrogens is 333 g/mol. The van der Waals surface area contributed by atoms with E-state index in [9.17, 15) is 17.6 Å². The Morgan fingerprint density at radius 3 is 2.55 bits per heavy atom. The maximum absolute atomic E-state index is 13.0. The molecule has 0 saturated carbocycles. The molecule has 0 aliphatic rings. The minimum absolute atomic E-state index is 0.140. The molecule has 1 aromatic carbocycles. The van der Waals surface area contributed by atoms with Crippen molar-refractivity contribution in [1.82, 2.24) is 4.72 Å². The van der Waals surface area contributed by atoms with Gasteiger partial charge < -0.3 is 5.11 Å². The number of hydrogen-bond acceptors (Lipinski definition) is 3. The van der Waals surface area contributed by atoms with E-state index in [0.717, 1.165) is 6.07 Å². The second kappa shape index (κ2) is 7.89. The lowest BCUT2D eigenvalue weighted by Crippen LogP contribution is -2.34. The standard InChI is InChI=1S/C14H19ClFNO4S/c1-9(2)5-11(14(18)19)7-17-22(20,21)8-10-3-4-13(16)12(15)6-10/h3-4,6,9,11,17H,5,7-8H2,1-2H3,(H,18,19). The number of aliphatic carboxylic acids is 1. The normalized spacial score (nSPS) is 13.3. The summed E-state index contributed by atoms with van der Waals surface area (Å²) in [7, 11) is -3.72. The maximum atomic E-state index is 13.0. The molecule has 0 radical (unpaired) electrons. The summed E-state index contributed by atoms with van der Waals surface area (Å²) in [5, 5.41) is 8.93. The predicted octanol–water partition coefficient (Wildman–Crippen LogP) is 2.65. The number of benzene rings is 1. The van der Waals surface area contributed by atoms with Crippen LogP contribution in [0.15, 0.2) is 18.2 Å². The van der Waals surface area contributed by atoms with E-state index in [0.29, 0.717) is 12.0 Å². The van der Waals surface area contributed by atoms with Crippen LogP contribution >= 0.6 is 11.6 Å². The van der Waals surface area contributed by atoms with Gasteiger partial charge >= 0.3 is 5.97 Å². The molecule has 0 fully saturated rings. The van der Waals surface area contributed by atoms with Crippen LogP contribution < -0.4 is 4.72 Å². The highest BCUT2D eigenvalue weighted by molar-refractivity contribution is 7.88. The average Bonchev–Trinajstić information content (AvgIpc) is 2.38. The molecule has 0 aromatic heterocycles. The second-order valence-electron chi connectivity index (χ2n) is 5.52. The van der Waals surface area contributed by atoms with Gasteiger partial charge in [-0.1, -0.05) is 31.5 Å². The molecule has 5 nitrogen and oxygen atoms in total. The van der Waals surface area contributed by atoms with E-state index in [1.807, 2.05) is 13.8 Å². The van der Waals surface area contributed by atoms with Crippen LogP contribution in [0.2, 0.25) is 5.02 Å². The molecule has 0 amide bonds. The Bertz CT molecular complexity index is 634. The second-order valence-corrected chi connectivity index (χ2v) is 7.73. The Hall–Kier alpha value is -1.18. The van der Waals surface area contributed by atoms with Gasteiger partial charge in [0.25, 0.3) is 0 Å². The number of rotatable bonds is 8. The fourth-order valence-electron chi connectivity index (χ4n) is 1.97. The largest absolute Gasteiger partial charge is 0.481 e. The fraction of sp³-hybridized carbons (Fsp3) is 0.500. The van der Waals surface area contributed by atoms with Gasteiger partial charge in [-0.2, -0.15) is 0 Å². The monoisotopic (exact) mass is 351 g/mol. The lowest BCUT2D eigenvalue weighted by molar-refractivity contribution is -0.142. The lowest BCUT2D eigenvalue weighted by atomic mass is 9.98. The Morgan fingerprint density at radius 2 is 2.05 bits per heavy atom. The summed E-state index contributed by atoms with van der Waals surface area (Å²) < 4.78 is 39.3. The van der Waals surface area contributed by atoms with Crippen molar-refractivity contribution in [3.05, 3.63) is 34.6 Å². The fourth-order valence-corrected chi connectivity index (χ4v) is 3.35. The van der Waals surface area contributed by atoms with Gasteiger partial charge in [-0.05, 0) is 30.0 Å². The van der Waals surface area contributed by atoms with Crippen LogP contribution in [0.5, 0.6) is 0 Å². The Morgan fingerprint density at radius 1 is 1.41 bits per heavy atom. The molecule has 1 atom stereocenters. The quantitative estimate of drug-likeness (QED) is 0.754. The Labute approximate surface area is 134 Å². The summed E-state index contributed by atoms with van der Waals surface area (Å²) in [6.07, 6.45) is 0.375. The molecule has 0 saturated heterocycles. The third kappa shape index (κ3) is 6.29. The summed E-state index contributed by atoms with van der Waals surface area (Å²) >= 11 is 5.60. The van der Waals surface area contributed by atoms with Crippen LogP contribution in [0.4, 0.5) is 4.39 Å². The van der Waals surface area contributed by atoms with Crippen molar-refractivity contribution >= 4 is 27.6 Å². The third-order valence-electron chi connectivity index (χ3n) is 3.00. The van der Waals surface area contributed by atoms with Crippen molar-refractivity contribution in [3.63, 3.8) is 0 Å². The molecule has 0 spiro atoms. The van der Waals surface area contributed by atoms with Crippen LogP contribution in [0.25, 0.3) is 0 Å². The summed E-state index contributed by atoms with van der Waals surface area (Å²) in [5.41, 5.74) is 0.328. The minimum atomic E-state index is -3.72. The van der Waals surface area contributed by atoms with Crippen LogP contribution in [0.1, 0.15) is 25.8 Å². The van der Waals surface area contributed by atoms with E-state index in [4.69, 9.17) is 16.7 Å². The van der Waals surface area contributed by atoms with E-state index >= 15 is 0 Å². The van der Waals surface area contributed by atoms with Crippen molar-refractivity contribution in [3.8, 4) is 0 Å². The molecule has 8 heteroatoms. The molecule has 1 unspecified atom stereocenters. The highest BCUT2D eigenvalue weighted by Gasteiger charge is 2.22. The van der Waals surface area contributed by atoms with Crippen molar-refractivity contribution < 1.29 is 22.7 Å². The van der Waals surface area contributed by atoms with Crippen molar-refractivity contribution in [2.75, 3.05) is 6.54 Å². The van der Waals surface area contributed by atoms with E-state index in [1.165, 1.54) is 12.1 Å². The molecule has 1 rings (SSSR count). The number of carboxylic acid groups (broad SMARTS) is 1. The molecule has 0 bridgehead atoms. The van der Waals surface area contributed by atoms with Gasteiger partial charge in [0.15, 0.2) is 0 Å². The molecule has 2 N–H and O–H groups in total. The predicted molar refractivity (Wildman–Crippen MR) is 82.6 cm³/mol. The van der Waals surface area contributed by atoms with E-state index in [1.54, 1.807) is 0 Å². The maximum Gasteiger partial charge on any atom is 0.307 e. The van der Waals surface area contributed by atoms with Crippen LogP contribution in [0.3, 0.4) is 0 Å². The summed E-state index contributed by atoms with van der Waals surface area (Å²) in [6.45, 7) is 3.56. The minimum Gasteiger partial charge on any atom is -0.481 e. The van der Waals surface area contributed by atoms with Crippen molar-refractivity contribution in [2.24, 2.45) is 11.8 Å². The van der Waals surface area contributed by atoms with Gasteiger partial charge in [-0.3, -0.25) is 4.79 Å². The lowest BCUT2D eigenvalue weighted by Gasteiger charge is -2.15. The summed E-state index contributed by atoms with van der Waals surface area (Å²) in [5.74, 6) is -2.70. The van der Waals surface area contributed by atoms with Gasteiger partial charge in [-0.25, -0.2) is 17.5 Å². The van der Waals surface area contributed by atoms with Crippen LogP contribution in [0, 0.1) is 17.7 Å². The number of carbonyl (C=O) groups is 1. The number of sulfonamides is 1. The SMILES string of the molecule is CC(C)CC(CNS(=O)(=O)Cc1ccc(F)c(Cl)c1)C(=O)O. The number of halogens is 2. The van der Waals surface area contributed by atoms with Gasteiger partial charge in [0.05, 0.1) is 16.7 Å². The first kappa shape index (κ1) is 18.9. The van der Waals surface area contributed by atoms with E-state index < -0.39 is 27.7 Å². The highest BCUT2D eigenvalue weighted by Crippen LogP contribution is 2.18. The molecule has 0 aliphatic heterocycles. The molecule has 0 aliphatic carbocycles. The molecule has 0 heterocycles. The zero-order chi connectivity index (χ0) is 16.9. The average molecular weight is 352 g/mol. The van der Waals surface area contributed by atoms with E-state index in [-0.39, 0.29) is 23.2 Å². The highest BCUT2D eigenvalue weighted by atomic mass is 35.5. The van der Waals surface area contributed by atoms with Gasteiger partial charge in [0.2, 0.25) is 10.0 Å².